The van der Waals surface area contributed by atoms with Crippen molar-refractivity contribution in [3.05, 3.63) is 56.8 Å². The van der Waals surface area contributed by atoms with Gasteiger partial charge in [0.2, 0.25) is 4.80 Å². The standard InChI is InChI=1S/C14H14BrN3OS/c1-3-6-16-14-18(10(2)9-20-14)17-8-11-7-12(15)4-5-13(11)19/h3-5,7-9,19H,1,6H2,2H3. The van der Waals surface area contributed by atoms with Gasteiger partial charge in [0.1, 0.15) is 5.75 Å². The molecule has 2 aromatic rings. The van der Waals surface area contributed by atoms with Gasteiger partial charge in [0.05, 0.1) is 18.5 Å². The molecule has 1 aromatic heterocycles. The van der Waals surface area contributed by atoms with Crippen LogP contribution in [-0.4, -0.2) is 22.5 Å². The average molecular weight is 352 g/mol. The summed E-state index contributed by atoms with van der Waals surface area (Å²) in [7, 11) is 0. The minimum atomic E-state index is 0.190. The van der Waals surface area contributed by atoms with Crippen molar-refractivity contribution in [1.29, 1.82) is 0 Å². The second-order valence-electron chi connectivity index (χ2n) is 4.05. The van der Waals surface area contributed by atoms with Crippen LogP contribution < -0.4 is 4.80 Å². The van der Waals surface area contributed by atoms with Crippen molar-refractivity contribution in [2.45, 2.75) is 6.92 Å². The zero-order valence-electron chi connectivity index (χ0n) is 11.0. The van der Waals surface area contributed by atoms with Gasteiger partial charge in [0.25, 0.3) is 0 Å². The average Bonchev–Trinajstić information content (AvgIpc) is 2.78. The van der Waals surface area contributed by atoms with Crippen LogP contribution in [0.5, 0.6) is 5.75 Å². The number of phenolic OH excluding ortho intramolecular Hbond substituents is 1. The van der Waals surface area contributed by atoms with Gasteiger partial charge in [-0.25, -0.2) is 4.68 Å². The molecule has 1 aromatic carbocycles. The predicted octanol–water partition coefficient (Wildman–Crippen LogP) is 3.30. The molecule has 4 nitrogen and oxygen atoms in total. The van der Waals surface area contributed by atoms with Gasteiger partial charge < -0.3 is 5.11 Å². The van der Waals surface area contributed by atoms with Crippen LogP contribution in [0.4, 0.5) is 0 Å². The first-order valence-corrected chi connectivity index (χ1v) is 7.60. The first-order chi connectivity index (χ1) is 9.61. The van der Waals surface area contributed by atoms with Crippen molar-refractivity contribution in [3.63, 3.8) is 0 Å². The number of hydrogen-bond donors (Lipinski definition) is 1. The molecule has 0 unspecified atom stereocenters. The lowest BCUT2D eigenvalue weighted by molar-refractivity contribution is 0.474. The smallest absolute Gasteiger partial charge is 0.206 e. The fraction of sp³-hybridized carbons (Fsp3) is 0.143. The molecule has 1 N–H and O–H groups in total. The molecule has 1 heterocycles. The fourth-order valence-electron chi connectivity index (χ4n) is 1.52. The highest BCUT2D eigenvalue weighted by Crippen LogP contribution is 2.20. The molecule has 104 valence electrons. The Hall–Kier alpha value is -1.66. The van der Waals surface area contributed by atoms with Crippen LogP contribution >= 0.6 is 27.3 Å². The van der Waals surface area contributed by atoms with Crippen LogP contribution in [0.2, 0.25) is 0 Å². The van der Waals surface area contributed by atoms with Gasteiger partial charge in [-0.1, -0.05) is 22.0 Å². The number of benzene rings is 1. The summed E-state index contributed by atoms with van der Waals surface area (Å²) in [6.45, 7) is 6.17. The number of thiazole rings is 1. The van der Waals surface area contributed by atoms with Gasteiger partial charge >= 0.3 is 0 Å². The molecule has 0 fully saturated rings. The lowest BCUT2D eigenvalue weighted by atomic mass is 10.2. The highest BCUT2D eigenvalue weighted by molar-refractivity contribution is 9.10. The lowest BCUT2D eigenvalue weighted by Crippen LogP contribution is -2.12. The number of rotatable bonds is 4. The number of phenols is 1. The molecule has 0 aliphatic heterocycles. The second-order valence-corrected chi connectivity index (χ2v) is 5.80. The maximum absolute atomic E-state index is 9.79. The zero-order chi connectivity index (χ0) is 14.5. The van der Waals surface area contributed by atoms with E-state index in [4.69, 9.17) is 0 Å². The van der Waals surface area contributed by atoms with Gasteiger partial charge in [-0.15, -0.1) is 17.9 Å². The van der Waals surface area contributed by atoms with Crippen LogP contribution in [0.25, 0.3) is 0 Å². The SMILES string of the molecule is C=CCN=c1scc(C)n1N=Cc1cc(Br)ccc1O. The van der Waals surface area contributed by atoms with Crippen LogP contribution in [0.3, 0.4) is 0 Å². The van der Waals surface area contributed by atoms with Crippen molar-refractivity contribution in [2.75, 3.05) is 6.54 Å². The molecule has 0 saturated heterocycles. The van der Waals surface area contributed by atoms with Gasteiger partial charge in [-0.3, -0.25) is 4.99 Å². The van der Waals surface area contributed by atoms with E-state index in [1.807, 2.05) is 18.4 Å². The normalized spacial score (nSPS) is 12.2. The maximum atomic E-state index is 9.79. The van der Waals surface area contributed by atoms with E-state index in [9.17, 15) is 5.11 Å². The second kappa shape index (κ2) is 6.67. The van der Waals surface area contributed by atoms with Crippen molar-refractivity contribution in [2.24, 2.45) is 10.1 Å². The molecule has 20 heavy (non-hydrogen) atoms. The van der Waals surface area contributed by atoms with Crippen LogP contribution in [-0.2, 0) is 0 Å². The summed E-state index contributed by atoms with van der Waals surface area (Å²) in [5.41, 5.74) is 1.63. The van der Waals surface area contributed by atoms with E-state index in [-0.39, 0.29) is 5.75 Å². The first-order valence-electron chi connectivity index (χ1n) is 5.93. The molecule has 0 bridgehead atoms. The number of hydrogen-bond acceptors (Lipinski definition) is 4. The van der Waals surface area contributed by atoms with E-state index in [2.05, 4.69) is 32.6 Å². The van der Waals surface area contributed by atoms with Crippen molar-refractivity contribution in [3.8, 4) is 5.75 Å². The van der Waals surface area contributed by atoms with Gasteiger partial charge in [0, 0.05) is 15.4 Å². The van der Waals surface area contributed by atoms with E-state index in [1.165, 1.54) is 11.3 Å². The summed E-state index contributed by atoms with van der Waals surface area (Å²) >= 11 is 4.89. The van der Waals surface area contributed by atoms with Gasteiger partial charge in [-0.05, 0) is 25.1 Å². The fourth-order valence-corrected chi connectivity index (χ4v) is 2.72. The largest absolute Gasteiger partial charge is 0.507 e. The molecule has 0 saturated carbocycles. The molecular weight excluding hydrogens is 338 g/mol. The molecule has 0 radical (unpaired) electrons. The van der Waals surface area contributed by atoms with E-state index in [0.29, 0.717) is 12.1 Å². The minimum absolute atomic E-state index is 0.190. The van der Waals surface area contributed by atoms with Crippen LogP contribution in [0, 0.1) is 6.92 Å². The first kappa shape index (κ1) is 14.7. The Morgan fingerprint density at radius 3 is 3.05 bits per heavy atom. The summed E-state index contributed by atoms with van der Waals surface area (Å²) < 4.78 is 2.63. The quantitative estimate of drug-likeness (QED) is 0.666. The summed E-state index contributed by atoms with van der Waals surface area (Å²) in [5, 5.41) is 16.2. The molecular formula is C14H14BrN3OS. The number of aromatic nitrogens is 1. The molecule has 2 rings (SSSR count). The zero-order valence-corrected chi connectivity index (χ0v) is 13.4. The third kappa shape index (κ3) is 3.46. The van der Waals surface area contributed by atoms with Gasteiger partial charge in [-0.2, -0.15) is 5.10 Å². The summed E-state index contributed by atoms with van der Waals surface area (Å²) in [5.74, 6) is 0.190. The maximum Gasteiger partial charge on any atom is 0.206 e. The van der Waals surface area contributed by atoms with Crippen molar-refractivity contribution in [1.82, 2.24) is 4.68 Å². The molecule has 6 heteroatoms. The topological polar surface area (TPSA) is 49.9 Å². The Kier molecular flexibility index (Phi) is 4.92. The predicted molar refractivity (Wildman–Crippen MR) is 86.5 cm³/mol. The highest BCUT2D eigenvalue weighted by Gasteiger charge is 2.01. The highest BCUT2D eigenvalue weighted by atomic mass is 79.9. The Labute approximate surface area is 129 Å². The molecule has 0 aliphatic rings. The van der Waals surface area contributed by atoms with Gasteiger partial charge in [0.15, 0.2) is 0 Å². The summed E-state index contributed by atoms with van der Waals surface area (Å²) in [6.07, 6.45) is 3.36. The van der Waals surface area contributed by atoms with E-state index in [1.54, 1.807) is 29.1 Å². The van der Waals surface area contributed by atoms with E-state index >= 15 is 0 Å². The molecule has 0 spiro atoms. The Bertz CT molecular complexity index is 715. The third-order valence-corrected chi connectivity index (χ3v) is 3.97. The van der Waals surface area contributed by atoms with Crippen molar-refractivity contribution >= 4 is 33.5 Å². The molecule has 0 atom stereocenters. The minimum Gasteiger partial charge on any atom is -0.507 e. The number of halogens is 1. The molecule has 0 amide bonds. The monoisotopic (exact) mass is 351 g/mol. The number of aromatic hydroxyl groups is 1. The molecule has 0 aliphatic carbocycles. The van der Waals surface area contributed by atoms with Crippen LogP contribution in [0.1, 0.15) is 11.3 Å². The summed E-state index contributed by atoms with van der Waals surface area (Å²) in [6, 6.07) is 5.21. The van der Waals surface area contributed by atoms with Crippen molar-refractivity contribution < 1.29 is 5.11 Å². The third-order valence-electron chi connectivity index (χ3n) is 2.51. The van der Waals surface area contributed by atoms with Crippen LogP contribution in [0.15, 0.2) is 50.8 Å². The van der Waals surface area contributed by atoms with E-state index < -0.39 is 0 Å². The Morgan fingerprint density at radius 2 is 2.30 bits per heavy atom. The van der Waals surface area contributed by atoms with E-state index in [0.717, 1.165) is 15.0 Å². The number of nitrogens with zero attached hydrogens (tertiary/aromatic N) is 3. The summed E-state index contributed by atoms with van der Waals surface area (Å²) in [4.78, 5) is 5.17. The lowest BCUT2D eigenvalue weighted by Gasteiger charge is -2.00. The Morgan fingerprint density at radius 1 is 1.50 bits per heavy atom. The Balaban J connectivity index is 2.39. The number of aryl methyl sites for hydroxylation is 1.